The number of hydrogen-bond donors (Lipinski definition) is 2. The van der Waals surface area contributed by atoms with Crippen molar-refractivity contribution in [1.82, 2.24) is 5.32 Å². The van der Waals surface area contributed by atoms with Crippen LogP contribution in [0.15, 0.2) is 42.5 Å². The highest BCUT2D eigenvalue weighted by Gasteiger charge is 2.36. The predicted molar refractivity (Wildman–Crippen MR) is 110 cm³/mol. The van der Waals surface area contributed by atoms with Gasteiger partial charge in [0.25, 0.3) is 0 Å². The van der Waals surface area contributed by atoms with Crippen LogP contribution in [-0.2, 0) is 5.54 Å². The molecular formula is C21H26N2O2S. The van der Waals surface area contributed by atoms with Crippen LogP contribution in [-0.4, -0.2) is 19.3 Å². The lowest BCUT2D eigenvalue weighted by atomic mass is 9.88. The van der Waals surface area contributed by atoms with E-state index in [9.17, 15) is 0 Å². The van der Waals surface area contributed by atoms with E-state index in [0.717, 1.165) is 24.3 Å². The lowest BCUT2D eigenvalue weighted by Gasteiger charge is -2.32. The highest BCUT2D eigenvalue weighted by molar-refractivity contribution is 7.80. The van der Waals surface area contributed by atoms with Crippen molar-refractivity contribution in [3.05, 3.63) is 53.6 Å². The van der Waals surface area contributed by atoms with E-state index in [2.05, 4.69) is 41.8 Å². The largest absolute Gasteiger partial charge is 0.497 e. The minimum atomic E-state index is -0.0997. The number of aryl methyl sites for hydroxylation is 1. The van der Waals surface area contributed by atoms with Crippen LogP contribution in [0.2, 0.25) is 0 Å². The van der Waals surface area contributed by atoms with Crippen LogP contribution in [0.25, 0.3) is 0 Å². The van der Waals surface area contributed by atoms with E-state index >= 15 is 0 Å². The van der Waals surface area contributed by atoms with Crippen molar-refractivity contribution in [3.8, 4) is 11.5 Å². The molecule has 0 unspecified atom stereocenters. The summed E-state index contributed by atoms with van der Waals surface area (Å²) >= 11 is 5.63. The Labute approximate surface area is 160 Å². The molecule has 2 aromatic rings. The Morgan fingerprint density at radius 2 is 1.69 bits per heavy atom. The fraction of sp³-hybridized carbons (Fsp3) is 0.381. The van der Waals surface area contributed by atoms with E-state index in [4.69, 9.17) is 21.7 Å². The zero-order valence-electron chi connectivity index (χ0n) is 15.6. The van der Waals surface area contributed by atoms with E-state index in [1.54, 1.807) is 14.2 Å². The second-order valence-corrected chi connectivity index (χ2v) is 7.21. The highest BCUT2D eigenvalue weighted by Crippen LogP contribution is 2.39. The summed E-state index contributed by atoms with van der Waals surface area (Å²) in [4.78, 5) is 0. The van der Waals surface area contributed by atoms with Crippen molar-refractivity contribution in [2.45, 2.75) is 38.1 Å². The number of nitrogens with one attached hydrogen (secondary N) is 2. The van der Waals surface area contributed by atoms with Crippen molar-refractivity contribution < 1.29 is 9.47 Å². The Bertz CT molecular complexity index is 768. The molecule has 0 saturated heterocycles. The summed E-state index contributed by atoms with van der Waals surface area (Å²) in [7, 11) is 3.28. The van der Waals surface area contributed by atoms with E-state index in [-0.39, 0.29) is 5.54 Å². The third-order valence-corrected chi connectivity index (χ3v) is 5.28. The number of anilines is 1. The van der Waals surface area contributed by atoms with Gasteiger partial charge in [0, 0.05) is 6.07 Å². The summed E-state index contributed by atoms with van der Waals surface area (Å²) in [6, 6.07) is 14.4. The van der Waals surface area contributed by atoms with Gasteiger partial charge in [-0.25, -0.2) is 0 Å². The van der Waals surface area contributed by atoms with Crippen LogP contribution in [0.4, 0.5) is 5.69 Å². The van der Waals surface area contributed by atoms with Crippen LogP contribution in [0.5, 0.6) is 11.5 Å². The van der Waals surface area contributed by atoms with Gasteiger partial charge in [-0.15, -0.1) is 0 Å². The monoisotopic (exact) mass is 370 g/mol. The Kier molecular flexibility index (Phi) is 5.67. The van der Waals surface area contributed by atoms with Crippen molar-refractivity contribution >= 4 is 23.0 Å². The summed E-state index contributed by atoms with van der Waals surface area (Å²) < 4.78 is 10.7. The second-order valence-electron chi connectivity index (χ2n) is 6.80. The topological polar surface area (TPSA) is 42.5 Å². The lowest BCUT2D eigenvalue weighted by molar-refractivity contribution is 0.395. The second kappa shape index (κ2) is 7.96. The van der Waals surface area contributed by atoms with Crippen molar-refractivity contribution in [2.24, 2.45) is 0 Å². The first kappa shape index (κ1) is 18.5. The maximum absolute atomic E-state index is 5.63. The fourth-order valence-electron chi connectivity index (χ4n) is 3.61. The molecule has 0 heterocycles. The number of methoxy groups -OCH3 is 2. The molecule has 138 valence electrons. The van der Waals surface area contributed by atoms with Gasteiger partial charge in [-0.2, -0.15) is 0 Å². The molecule has 5 heteroatoms. The molecule has 0 spiro atoms. The zero-order chi connectivity index (χ0) is 18.6. The molecule has 0 aromatic heterocycles. The van der Waals surface area contributed by atoms with E-state index in [1.807, 2.05) is 18.2 Å². The van der Waals surface area contributed by atoms with Gasteiger partial charge in [-0.1, -0.05) is 42.7 Å². The normalized spacial score (nSPS) is 15.3. The summed E-state index contributed by atoms with van der Waals surface area (Å²) in [6.45, 7) is 2.11. The SMILES string of the molecule is COc1ccc(NC(=S)NC2(c3ccc(C)cc3)CCCC2)c(OC)c1. The van der Waals surface area contributed by atoms with Gasteiger partial charge < -0.3 is 20.1 Å². The molecular weight excluding hydrogens is 344 g/mol. The van der Waals surface area contributed by atoms with E-state index < -0.39 is 0 Å². The third-order valence-electron chi connectivity index (χ3n) is 5.07. The molecule has 0 amide bonds. The molecule has 0 aliphatic heterocycles. The highest BCUT2D eigenvalue weighted by atomic mass is 32.1. The first-order valence-corrected chi connectivity index (χ1v) is 9.35. The molecule has 26 heavy (non-hydrogen) atoms. The van der Waals surface area contributed by atoms with Crippen molar-refractivity contribution in [3.63, 3.8) is 0 Å². The summed E-state index contributed by atoms with van der Waals surface area (Å²) in [5, 5.41) is 7.48. The summed E-state index contributed by atoms with van der Waals surface area (Å²) in [6.07, 6.45) is 4.57. The Morgan fingerprint density at radius 3 is 2.31 bits per heavy atom. The molecule has 1 aliphatic carbocycles. The molecule has 2 N–H and O–H groups in total. The van der Waals surface area contributed by atoms with Gasteiger partial charge in [-0.3, -0.25) is 0 Å². The molecule has 0 bridgehead atoms. The predicted octanol–water partition coefficient (Wildman–Crippen LogP) is 4.77. The number of hydrogen-bond acceptors (Lipinski definition) is 3. The molecule has 0 radical (unpaired) electrons. The van der Waals surface area contributed by atoms with E-state index in [0.29, 0.717) is 10.9 Å². The van der Waals surface area contributed by atoms with Gasteiger partial charge in [-0.05, 0) is 49.7 Å². The minimum absolute atomic E-state index is 0.0997. The average Bonchev–Trinajstić information content (AvgIpc) is 3.12. The van der Waals surface area contributed by atoms with Crippen LogP contribution >= 0.6 is 12.2 Å². The Balaban J connectivity index is 1.78. The molecule has 3 rings (SSSR count). The van der Waals surface area contributed by atoms with Crippen molar-refractivity contribution in [2.75, 3.05) is 19.5 Å². The number of benzene rings is 2. The van der Waals surface area contributed by atoms with Gasteiger partial charge in [0.05, 0.1) is 25.4 Å². The van der Waals surface area contributed by atoms with E-state index in [1.165, 1.54) is 24.0 Å². The minimum Gasteiger partial charge on any atom is -0.497 e. The summed E-state index contributed by atoms with van der Waals surface area (Å²) in [5.41, 5.74) is 3.29. The zero-order valence-corrected chi connectivity index (χ0v) is 16.4. The maximum atomic E-state index is 5.63. The number of ether oxygens (including phenoxy) is 2. The quantitative estimate of drug-likeness (QED) is 0.742. The number of thiocarbonyl (C=S) groups is 1. The van der Waals surface area contributed by atoms with Gasteiger partial charge >= 0.3 is 0 Å². The number of rotatable bonds is 5. The Morgan fingerprint density at radius 1 is 1.00 bits per heavy atom. The molecule has 1 fully saturated rings. The molecule has 1 aliphatic rings. The van der Waals surface area contributed by atoms with Gasteiger partial charge in [0.2, 0.25) is 0 Å². The summed E-state index contributed by atoms with van der Waals surface area (Å²) in [5.74, 6) is 1.45. The molecule has 2 aromatic carbocycles. The van der Waals surface area contributed by atoms with Gasteiger partial charge in [0.1, 0.15) is 11.5 Å². The first-order valence-electron chi connectivity index (χ1n) is 8.95. The molecule has 1 saturated carbocycles. The first-order chi connectivity index (χ1) is 12.6. The van der Waals surface area contributed by atoms with Crippen molar-refractivity contribution in [1.29, 1.82) is 0 Å². The van der Waals surface area contributed by atoms with Crippen LogP contribution < -0.4 is 20.1 Å². The molecule has 4 nitrogen and oxygen atoms in total. The standard InChI is InChI=1S/C21H26N2O2S/c1-15-6-8-16(9-7-15)21(12-4-5-13-21)23-20(26)22-18-11-10-17(24-2)14-19(18)25-3/h6-11,14H,4-5,12-13H2,1-3H3,(H2,22,23,26). The Hall–Kier alpha value is -2.27. The van der Waals surface area contributed by atoms with Crippen LogP contribution in [0, 0.1) is 6.92 Å². The smallest absolute Gasteiger partial charge is 0.171 e. The third kappa shape index (κ3) is 3.93. The molecule has 0 atom stereocenters. The van der Waals surface area contributed by atoms with Crippen LogP contribution in [0.1, 0.15) is 36.8 Å². The van der Waals surface area contributed by atoms with Gasteiger partial charge in [0.15, 0.2) is 5.11 Å². The lowest BCUT2D eigenvalue weighted by Crippen LogP contribution is -2.45. The maximum Gasteiger partial charge on any atom is 0.171 e. The average molecular weight is 371 g/mol. The fourth-order valence-corrected chi connectivity index (χ4v) is 3.91. The van der Waals surface area contributed by atoms with Crippen LogP contribution in [0.3, 0.4) is 0 Å².